The Hall–Kier alpha value is -1.72. The van der Waals surface area contributed by atoms with Crippen LogP contribution in [0.3, 0.4) is 0 Å². The molecule has 128 valence electrons. The summed E-state index contributed by atoms with van der Waals surface area (Å²) in [6, 6.07) is 0.366. The van der Waals surface area contributed by atoms with Crippen LogP contribution in [0.4, 0.5) is 10.5 Å². The standard InChI is InChI=1S/C17H28N4O2/c1-17(2,3)23-16(22)20-8-6-15(7-9-20)21-12-14(11-19-21)18-10-13-4-5-13/h11-13,15,18H,4-10H2,1-3H3. The number of rotatable bonds is 4. The van der Waals surface area contributed by atoms with Crippen molar-refractivity contribution in [2.45, 2.75) is 58.1 Å². The van der Waals surface area contributed by atoms with Crippen LogP contribution in [0.1, 0.15) is 52.5 Å². The molecular formula is C17H28N4O2. The van der Waals surface area contributed by atoms with Crippen molar-refractivity contribution in [1.29, 1.82) is 0 Å². The highest BCUT2D eigenvalue weighted by molar-refractivity contribution is 5.68. The minimum Gasteiger partial charge on any atom is -0.444 e. The molecule has 0 aromatic carbocycles. The van der Waals surface area contributed by atoms with E-state index in [-0.39, 0.29) is 6.09 Å². The highest BCUT2D eigenvalue weighted by atomic mass is 16.6. The number of hydrogen-bond acceptors (Lipinski definition) is 4. The molecule has 2 fully saturated rings. The zero-order chi connectivity index (χ0) is 16.4. The predicted octanol–water partition coefficient (Wildman–Crippen LogP) is 3.28. The first-order valence-corrected chi connectivity index (χ1v) is 8.67. The largest absolute Gasteiger partial charge is 0.444 e. The number of ether oxygens (including phenoxy) is 1. The van der Waals surface area contributed by atoms with Gasteiger partial charge in [-0.25, -0.2) is 4.79 Å². The normalized spacial score (nSPS) is 19.7. The first-order valence-electron chi connectivity index (χ1n) is 8.67. The lowest BCUT2D eigenvalue weighted by atomic mass is 10.1. The van der Waals surface area contributed by atoms with Crippen LogP contribution in [-0.4, -0.2) is 46.0 Å². The molecule has 0 atom stereocenters. The minimum atomic E-state index is -0.432. The van der Waals surface area contributed by atoms with Crippen LogP contribution in [0, 0.1) is 5.92 Å². The Bertz CT molecular complexity index is 537. The maximum atomic E-state index is 12.1. The molecule has 1 saturated carbocycles. The van der Waals surface area contributed by atoms with Crippen molar-refractivity contribution in [3.8, 4) is 0 Å². The Kier molecular flexibility index (Phi) is 4.50. The topological polar surface area (TPSA) is 59.4 Å². The van der Waals surface area contributed by atoms with E-state index in [0.29, 0.717) is 6.04 Å². The maximum absolute atomic E-state index is 12.1. The quantitative estimate of drug-likeness (QED) is 0.925. The Labute approximate surface area is 138 Å². The summed E-state index contributed by atoms with van der Waals surface area (Å²) in [5, 5.41) is 7.94. The minimum absolute atomic E-state index is 0.205. The molecule has 2 aliphatic rings. The molecule has 1 saturated heterocycles. The molecule has 0 bridgehead atoms. The van der Waals surface area contributed by atoms with Crippen LogP contribution in [0.5, 0.6) is 0 Å². The van der Waals surface area contributed by atoms with Gasteiger partial charge in [0.2, 0.25) is 0 Å². The van der Waals surface area contributed by atoms with Crippen LogP contribution >= 0.6 is 0 Å². The summed E-state index contributed by atoms with van der Waals surface area (Å²) in [5.41, 5.74) is 0.671. The summed E-state index contributed by atoms with van der Waals surface area (Å²) < 4.78 is 7.48. The van der Waals surface area contributed by atoms with Gasteiger partial charge in [-0.05, 0) is 52.4 Å². The van der Waals surface area contributed by atoms with Gasteiger partial charge in [-0.15, -0.1) is 0 Å². The third kappa shape index (κ3) is 4.62. The lowest BCUT2D eigenvalue weighted by Gasteiger charge is -2.33. The number of piperidine rings is 1. The van der Waals surface area contributed by atoms with Crippen LogP contribution in [0.2, 0.25) is 0 Å². The molecule has 1 N–H and O–H groups in total. The Morgan fingerprint density at radius 2 is 2.00 bits per heavy atom. The van der Waals surface area contributed by atoms with Crippen molar-refractivity contribution >= 4 is 11.8 Å². The van der Waals surface area contributed by atoms with Gasteiger partial charge in [0, 0.05) is 25.8 Å². The van der Waals surface area contributed by atoms with E-state index in [1.54, 1.807) is 4.90 Å². The lowest BCUT2D eigenvalue weighted by molar-refractivity contribution is 0.0185. The second-order valence-electron chi connectivity index (χ2n) is 7.73. The molecule has 1 amide bonds. The average molecular weight is 320 g/mol. The molecule has 1 aliphatic heterocycles. The van der Waals surface area contributed by atoms with Gasteiger partial charge in [0.15, 0.2) is 0 Å². The van der Waals surface area contributed by atoms with Gasteiger partial charge < -0.3 is 15.0 Å². The number of aromatic nitrogens is 2. The molecule has 1 aliphatic carbocycles. The van der Waals surface area contributed by atoms with Gasteiger partial charge in [0.1, 0.15) is 5.60 Å². The molecule has 1 aromatic rings. The highest BCUT2D eigenvalue weighted by Gasteiger charge is 2.28. The molecule has 6 heteroatoms. The fraction of sp³-hybridized carbons (Fsp3) is 0.765. The molecule has 2 heterocycles. The van der Waals surface area contributed by atoms with Crippen LogP contribution in [0.15, 0.2) is 12.4 Å². The van der Waals surface area contributed by atoms with E-state index in [1.165, 1.54) is 12.8 Å². The van der Waals surface area contributed by atoms with E-state index in [9.17, 15) is 4.79 Å². The molecule has 0 spiro atoms. The molecular weight excluding hydrogens is 292 g/mol. The van der Waals surface area contributed by atoms with Crippen LogP contribution in [-0.2, 0) is 4.74 Å². The van der Waals surface area contributed by atoms with Gasteiger partial charge in [0.25, 0.3) is 0 Å². The van der Waals surface area contributed by atoms with Crippen molar-refractivity contribution in [1.82, 2.24) is 14.7 Å². The number of amides is 1. The van der Waals surface area contributed by atoms with Crippen molar-refractivity contribution in [3.05, 3.63) is 12.4 Å². The monoisotopic (exact) mass is 320 g/mol. The molecule has 0 unspecified atom stereocenters. The number of likely N-dealkylation sites (tertiary alicyclic amines) is 1. The fourth-order valence-corrected chi connectivity index (χ4v) is 2.85. The van der Waals surface area contributed by atoms with E-state index in [0.717, 1.165) is 44.1 Å². The molecule has 0 radical (unpaired) electrons. The van der Waals surface area contributed by atoms with Gasteiger partial charge in [0.05, 0.1) is 17.9 Å². The lowest BCUT2D eigenvalue weighted by Crippen LogP contribution is -2.42. The van der Waals surface area contributed by atoms with Gasteiger partial charge in [-0.1, -0.05) is 0 Å². The van der Waals surface area contributed by atoms with Crippen LogP contribution in [0.25, 0.3) is 0 Å². The summed E-state index contributed by atoms with van der Waals surface area (Å²) in [6.45, 7) is 8.21. The van der Waals surface area contributed by atoms with Gasteiger partial charge in [-0.3, -0.25) is 4.68 Å². The Morgan fingerprint density at radius 3 is 2.61 bits per heavy atom. The average Bonchev–Trinajstić information content (AvgIpc) is 3.20. The smallest absolute Gasteiger partial charge is 0.410 e. The van der Waals surface area contributed by atoms with Crippen molar-refractivity contribution < 1.29 is 9.53 Å². The van der Waals surface area contributed by atoms with E-state index in [2.05, 4.69) is 16.6 Å². The number of hydrogen-bond donors (Lipinski definition) is 1. The highest BCUT2D eigenvalue weighted by Crippen LogP contribution is 2.29. The number of nitrogens with one attached hydrogen (secondary N) is 1. The Balaban J connectivity index is 1.47. The first-order chi connectivity index (χ1) is 10.9. The van der Waals surface area contributed by atoms with Gasteiger partial charge >= 0.3 is 6.09 Å². The van der Waals surface area contributed by atoms with Gasteiger partial charge in [-0.2, -0.15) is 5.10 Å². The van der Waals surface area contributed by atoms with Crippen LogP contribution < -0.4 is 5.32 Å². The zero-order valence-electron chi connectivity index (χ0n) is 14.4. The van der Waals surface area contributed by atoms with Crippen molar-refractivity contribution in [2.75, 3.05) is 25.0 Å². The first kappa shape index (κ1) is 16.1. The molecule has 6 nitrogen and oxygen atoms in total. The third-order valence-electron chi connectivity index (χ3n) is 4.38. The number of carbonyl (C=O) groups excluding carboxylic acids is 1. The number of anilines is 1. The summed E-state index contributed by atoms with van der Waals surface area (Å²) in [6.07, 6.45) is 8.34. The summed E-state index contributed by atoms with van der Waals surface area (Å²) in [7, 11) is 0. The summed E-state index contributed by atoms with van der Waals surface area (Å²) >= 11 is 0. The number of carbonyl (C=O) groups is 1. The second kappa shape index (κ2) is 6.42. The maximum Gasteiger partial charge on any atom is 0.410 e. The van der Waals surface area contributed by atoms with E-state index >= 15 is 0 Å². The third-order valence-corrected chi connectivity index (χ3v) is 4.38. The summed E-state index contributed by atoms with van der Waals surface area (Å²) in [4.78, 5) is 13.9. The van der Waals surface area contributed by atoms with E-state index < -0.39 is 5.60 Å². The SMILES string of the molecule is CC(C)(C)OC(=O)N1CCC(n2cc(NCC3CC3)cn2)CC1. The predicted molar refractivity (Wildman–Crippen MR) is 89.5 cm³/mol. The van der Waals surface area contributed by atoms with E-state index in [1.807, 2.05) is 31.6 Å². The second-order valence-corrected chi connectivity index (χ2v) is 7.73. The fourth-order valence-electron chi connectivity index (χ4n) is 2.85. The zero-order valence-corrected chi connectivity index (χ0v) is 14.4. The molecule has 1 aromatic heterocycles. The molecule has 23 heavy (non-hydrogen) atoms. The van der Waals surface area contributed by atoms with Crippen molar-refractivity contribution in [2.24, 2.45) is 5.92 Å². The van der Waals surface area contributed by atoms with E-state index in [4.69, 9.17) is 4.74 Å². The Morgan fingerprint density at radius 1 is 1.30 bits per heavy atom. The summed E-state index contributed by atoms with van der Waals surface area (Å²) in [5.74, 6) is 0.857. The number of nitrogens with zero attached hydrogens (tertiary/aromatic N) is 3. The van der Waals surface area contributed by atoms with Crippen molar-refractivity contribution in [3.63, 3.8) is 0 Å². The molecule has 3 rings (SSSR count).